The predicted molar refractivity (Wildman–Crippen MR) is 71.7 cm³/mol. The van der Waals surface area contributed by atoms with Gasteiger partial charge in [0.15, 0.2) is 0 Å². The molecule has 1 heterocycles. The Balaban J connectivity index is 2.02. The summed E-state index contributed by atoms with van der Waals surface area (Å²) >= 11 is 0. The molecule has 0 radical (unpaired) electrons. The Hall–Kier alpha value is -1.26. The lowest BCUT2D eigenvalue weighted by molar-refractivity contribution is 0.302. The van der Waals surface area contributed by atoms with E-state index in [-0.39, 0.29) is 6.04 Å². The van der Waals surface area contributed by atoms with Crippen LogP contribution in [0.15, 0.2) is 18.2 Å². The van der Waals surface area contributed by atoms with Crippen molar-refractivity contribution in [2.75, 3.05) is 20.2 Å². The van der Waals surface area contributed by atoms with E-state index in [1.54, 1.807) is 19.2 Å². The quantitative estimate of drug-likeness (QED) is 0.851. The first-order valence-corrected chi connectivity index (χ1v) is 6.44. The van der Waals surface area contributed by atoms with E-state index in [4.69, 9.17) is 10.5 Å². The SMILES string of the molecule is COc1ccc(O)c(CN2CCC(C(C)N)C2)c1. The van der Waals surface area contributed by atoms with Crippen molar-refractivity contribution in [1.82, 2.24) is 4.90 Å². The summed E-state index contributed by atoms with van der Waals surface area (Å²) in [5.74, 6) is 1.68. The zero-order valence-electron chi connectivity index (χ0n) is 11.1. The van der Waals surface area contributed by atoms with Gasteiger partial charge in [0, 0.05) is 24.7 Å². The van der Waals surface area contributed by atoms with Gasteiger partial charge in [0.05, 0.1) is 7.11 Å². The monoisotopic (exact) mass is 250 g/mol. The summed E-state index contributed by atoms with van der Waals surface area (Å²) in [4.78, 5) is 2.34. The number of phenolic OH excluding ortho intramolecular Hbond substituents is 1. The maximum Gasteiger partial charge on any atom is 0.120 e. The molecule has 0 spiro atoms. The molecule has 4 nitrogen and oxygen atoms in total. The van der Waals surface area contributed by atoms with Crippen molar-refractivity contribution in [3.63, 3.8) is 0 Å². The van der Waals surface area contributed by atoms with Crippen molar-refractivity contribution in [2.45, 2.75) is 25.9 Å². The van der Waals surface area contributed by atoms with Gasteiger partial charge in [0.1, 0.15) is 11.5 Å². The van der Waals surface area contributed by atoms with Crippen LogP contribution in [0.3, 0.4) is 0 Å². The van der Waals surface area contributed by atoms with Crippen molar-refractivity contribution in [3.8, 4) is 11.5 Å². The second-order valence-corrected chi connectivity index (χ2v) is 5.14. The molecule has 1 aliphatic heterocycles. The summed E-state index contributed by atoms with van der Waals surface area (Å²) in [5, 5.41) is 9.86. The fourth-order valence-electron chi connectivity index (χ4n) is 2.49. The fourth-order valence-corrected chi connectivity index (χ4v) is 2.49. The highest BCUT2D eigenvalue weighted by Crippen LogP contribution is 2.27. The van der Waals surface area contributed by atoms with Gasteiger partial charge in [0.2, 0.25) is 0 Å². The molecule has 1 aliphatic rings. The highest BCUT2D eigenvalue weighted by Gasteiger charge is 2.25. The van der Waals surface area contributed by atoms with E-state index < -0.39 is 0 Å². The fraction of sp³-hybridized carbons (Fsp3) is 0.571. The van der Waals surface area contributed by atoms with Crippen LogP contribution in [0.2, 0.25) is 0 Å². The highest BCUT2D eigenvalue weighted by molar-refractivity contribution is 5.39. The second kappa shape index (κ2) is 5.59. The third-order valence-electron chi connectivity index (χ3n) is 3.73. The van der Waals surface area contributed by atoms with Gasteiger partial charge in [-0.15, -0.1) is 0 Å². The van der Waals surface area contributed by atoms with Gasteiger partial charge in [-0.05, 0) is 44.0 Å². The minimum absolute atomic E-state index is 0.244. The maximum atomic E-state index is 9.86. The number of phenols is 1. The molecular weight excluding hydrogens is 228 g/mol. The van der Waals surface area contributed by atoms with Crippen molar-refractivity contribution in [3.05, 3.63) is 23.8 Å². The van der Waals surface area contributed by atoms with Gasteiger partial charge in [-0.3, -0.25) is 4.90 Å². The molecule has 4 heteroatoms. The normalized spacial score (nSPS) is 22.1. The number of aromatic hydroxyl groups is 1. The summed E-state index contributed by atoms with van der Waals surface area (Å²) < 4.78 is 5.18. The molecule has 2 unspecified atom stereocenters. The van der Waals surface area contributed by atoms with E-state index in [0.717, 1.165) is 37.4 Å². The Morgan fingerprint density at radius 1 is 1.56 bits per heavy atom. The number of nitrogens with zero attached hydrogens (tertiary/aromatic N) is 1. The zero-order valence-corrected chi connectivity index (χ0v) is 11.1. The maximum absolute atomic E-state index is 9.86. The Morgan fingerprint density at radius 3 is 2.94 bits per heavy atom. The summed E-state index contributed by atoms with van der Waals surface area (Å²) in [7, 11) is 1.64. The Labute approximate surface area is 108 Å². The smallest absolute Gasteiger partial charge is 0.120 e. The van der Waals surface area contributed by atoms with Gasteiger partial charge < -0.3 is 15.6 Å². The molecule has 1 aromatic rings. The van der Waals surface area contributed by atoms with Gasteiger partial charge in [-0.1, -0.05) is 0 Å². The van der Waals surface area contributed by atoms with E-state index in [1.165, 1.54) is 0 Å². The van der Waals surface area contributed by atoms with Crippen molar-refractivity contribution in [2.24, 2.45) is 11.7 Å². The summed E-state index contributed by atoms with van der Waals surface area (Å²) in [6.45, 7) is 4.88. The number of nitrogens with two attached hydrogens (primary N) is 1. The molecule has 2 rings (SSSR count). The van der Waals surface area contributed by atoms with Crippen LogP contribution >= 0.6 is 0 Å². The largest absolute Gasteiger partial charge is 0.508 e. The number of benzene rings is 1. The minimum Gasteiger partial charge on any atom is -0.508 e. The average molecular weight is 250 g/mol. The highest BCUT2D eigenvalue weighted by atomic mass is 16.5. The predicted octanol–water partition coefficient (Wildman–Crippen LogP) is 1.57. The van der Waals surface area contributed by atoms with Crippen LogP contribution in [-0.2, 0) is 6.54 Å². The average Bonchev–Trinajstić information content (AvgIpc) is 2.81. The lowest BCUT2D eigenvalue weighted by Crippen LogP contribution is -2.29. The molecule has 1 fully saturated rings. The number of rotatable bonds is 4. The van der Waals surface area contributed by atoms with E-state index in [1.807, 2.05) is 6.07 Å². The van der Waals surface area contributed by atoms with Crippen molar-refractivity contribution < 1.29 is 9.84 Å². The van der Waals surface area contributed by atoms with Crippen LogP contribution in [0.5, 0.6) is 11.5 Å². The molecule has 100 valence electrons. The number of hydrogen-bond donors (Lipinski definition) is 2. The Kier molecular flexibility index (Phi) is 4.09. The van der Waals surface area contributed by atoms with Crippen LogP contribution < -0.4 is 10.5 Å². The molecule has 1 aromatic carbocycles. The first-order valence-electron chi connectivity index (χ1n) is 6.44. The lowest BCUT2D eigenvalue weighted by Gasteiger charge is -2.18. The van der Waals surface area contributed by atoms with E-state index in [2.05, 4.69) is 11.8 Å². The number of methoxy groups -OCH3 is 1. The molecule has 0 aromatic heterocycles. The van der Waals surface area contributed by atoms with Gasteiger partial charge in [-0.2, -0.15) is 0 Å². The van der Waals surface area contributed by atoms with Gasteiger partial charge in [0.25, 0.3) is 0 Å². The molecule has 3 N–H and O–H groups in total. The van der Waals surface area contributed by atoms with Crippen LogP contribution in [0.4, 0.5) is 0 Å². The van der Waals surface area contributed by atoms with Gasteiger partial charge >= 0.3 is 0 Å². The number of ether oxygens (including phenoxy) is 1. The second-order valence-electron chi connectivity index (χ2n) is 5.14. The first kappa shape index (κ1) is 13.2. The van der Waals surface area contributed by atoms with Crippen LogP contribution in [0, 0.1) is 5.92 Å². The third-order valence-corrected chi connectivity index (χ3v) is 3.73. The number of hydrogen-bond acceptors (Lipinski definition) is 4. The minimum atomic E-state index is 0.244. The van der Waals surface area contributed by atoms with E-state index >= 15 is 0 Å². The van der Waals surface area contributed by atoms with E-state index in [9.17, 15) is 5.11 Å². The van der Waals surface area contributed by atoms with Crippen molar-refractivity contribution >= 4 is 0 Å². The van der Waals surface area contributed by atoms with E-state index in [0.29, 0.717) is 11.7 Å². The van der Waals surface area contributed by atoms with Crippen LogP contribution in [0.25, 0.3) is 0 Å². The van der Waals surface area contributed by atoms with Gasteiger partial charge in [-0.25, -0.2) is 0 Å². The molecule has 0 bridgehead atoms. The first-order chi connectivity index (χ1) is 8.60. The molecule has 18 heavy (non-hydrogen) atoms. The summed E-state index contributed by atoms with van der Waals surface area (Å²) in [6, 6.07) is 5.60. The molecule has 0 aliphatic carbocycles. The summed E-state index contributed by atoms with van der Waals surface area (Å²) in [6.07, 6.45) is 1.14. The molecule has 2 atom stereocenters. The molecular formula is C14H22N2O2. The molecule has 1 saturated heterocycles. The molecule has 0 amide bonds. The Bertz CT molecular complexity index is 407. The lowest BCUT2D eigenvalue weighted by atomic mass is 10.0. The molecule has 0 saturated carbocycles. The standard InChI is InChI=1S/C14H22N2O2/c1-10(15)11-5-6-16(8-11)9-12-7-13(18-2)3-4-14(12)17/h3-4,7,10-11,17H,5-6,8-9,15H2,1-2H3. The third kappa shape index (κ3) is 2.94. The van der Waals surface area contributed by atoms with Crippen LogP contribution in [0.1, 0.15) is 18.9 Å². The van der Waals surface area contributed by atoms with Crippen LogP contribution in [-0.4, -0.2) is 36.2 Å². The van der Waals surface area contributed by atoms with Crippen molar-refractivity contribution in [1.29, 1.82) is 0 Å². The zero-order chi connectivity index (χ0) is 13.1. The number of likely N-dealkylation sites (tertiary alicyclic amines) is 1. The summed E-state index contributed by atoms with van der Waals surface area (Å²) in [5.41, 5.74) is 6.85. The Morgan fingerprint density at radius 2 is 2.33 bits per heavy atom. The topological polar surface area (TPSA) is 58.7 Å².